The summed E-state index contributed by atoms with van der Waals surface area (Å²) in [5.41, 5.74) is 6.30. The summed E-state index contributed by atoms with van der Waals surface area (Å²) >= 11 is 0. The molecule has 1 aliphatic carbocycles. The first-order chi connectivity index (χ1) is 7.27. The van der Waals surface area contributed by atoms with Gasteiger partial charge in [0.25, 0.3) is 0 Å². The van der Waals surface area contributed by atoms with E-state index in [2.05, 4.69) is 11.8 Å². The fraction of sp³-hybridized carbons (Fsp3) is 1.00. The van der Waals surface area contributed by atoms with Gasteiger partial charge in [0, 0.05) is 12.1 Å². The van der Waals surface area contributed by atoms with Gasteiger partial charge in [0.2, 0.25) is 0 Å². The van der Waals surface area contributed by atoms with Crippen LogP contribution in [0.1, 0.15) is 51.9 Å². The molecule has 2 unspecified atom stereocenters. The Bertz CT molecular complexity index is 185. The van der Waals surface area contributed by atoms with Crippen LogP contribution in [0.25, 0.3) is 0 Å². The van der Waals surface area contributed by atoms with Crippen molar-refractivity contribution >= 4 is 0 Å². The summed E-state index contributed by atoms with van der Waals surface area (Å²) in [6.07, 6.45) is 9.49. The Balaban J connectivity index is 1.89. The van der Waals surface area contributed by atoms with E-state index in [1.807, 2.05) is 0 Å². The molecule has 2 rings (SSSR count). The summed E-state index contributed by atoms with van der Waals surface area (Å²) in [5, 5.41) is 0. The summed E-state index contributed by atoms with van der Waals surface area (Å²) in [6.45, 7) is 4.96. The third-order valence-corrected chi connectivity index (χ3v) is 4.32. The van der Waals surface area contributed by atoms with Gasteiger partial charge in [0.15, 0.2) is 0 Å². The zero-order valence-electron chi connectivity index (χ0n) is 10.1. The Morgan fingerprint density at radius 1 is 0.933 bits per heavy atom. The van der Waals surface area contributed by atoms with Gasteiger partial charge >= 0.3 is 0 Å². The van der Waals surface area contributed by atoms with Crippen LogP contribution in [0.4, 0.5) is 0 Å². The molecule has 0 spiro atoms. The first-order valence-corrected chi connectivity index (χ1v) is 6.77. The molecular formula is C13H26N2. The van der Waals surface area contributed by atoms with Crippen LogP contribution in [-0.4, -0.2) is 30.1 Å². The Kier molecular flexibility index (Phi) is 4.04. The standard InChI is InChI=1S/C13H26N2/c1-11-7-9-15(10-8-11)13-6-4-2-3-5-12(13)14/h11-13H,2-10,14H2,1H3. The van der Waals surface area contributed by atoms with Crippen LogP contribution in [-0.2, 0) is 0 Å². The van der Waals surface area contributed by atoms with Gasteiger partial charge in [0.1, 0.15) is 0 Å². The van der Waals surface area contributed by atoms with Crippen molar-refractivity contribution < 1.29 is 0 Å². The van der Waals surface area contributed by atoms with Gasteiger partial charge in [-0.2, -0.15) is 0 Å². The molecule has 1 saturated carbocycles. The van der Waals surface area contributed by atoms with Gasteiger partial charge < -0.3 is 5.73 Å². The van der Waals surface area contributed by atoms with Gasteiger partial charge in [-0.15, -0.1) is 0 Å². The Morgan fingerprint density at radius 3 is 2.33 bits per heavy atom. The van der Waals surface area contributed by atoms with E-state index in [4.69, 9.17) is 5.73 Å². The monoisotopic (exact) mass is 210 g/mol. The molecule has 88 valence electrons. The zero-order chi connectivity index (χ0) is 10.7. The predicted molar refractivity (Wildman–Crippen MR) is 64.8 cm³/mol. The van der Waals surface area contributed by atoms with Crippen molar-refractivity contribution in [2.45, 2.75) is 64.0 Å². The molecule has 0 aromatic carbocycles. The van der Waals surface area contributed by atoms with E-state index in [0.29, 0.717) is 12.1 Å². The van der Waals surface area contributed by atoms with E-state index in [1.54, 1.807) is 0 Å². The van der Waals surface area contributed by atoms with Gasteiger partial charge in [-0.25, -0.2) is 0 Å². The lowest BCUT2D eigenvalue weighted by atomic mass is 9.94. The highest BCUT2D eigenvalue weighted by Gasteiger charge is 2.28. The molecule has 2 N–H and O–H groups in total. The number of nitrogens with two attached hydrogens (primary N) is 1. The molecule has 1 aliphatic heterocycles. The van der Waals surface area contributed by atoms with Gasteiger partial charge in [0.05, 0.1) is 0 Å². The molecule has 1 saturated heterocycles. The number of likely N-dealkylation sites (tertiary alicyclic amines) is 1. The molecule has 1 heterocycles. The predicted octanol–water partition coefficient (Wildman–Crippen LogP) is 2.38. The lowest BCUT2D eigenvalue weighted by molar-refractivity contribution is 0.115. The second kappa shape index (κ2) is 5.31. The van der Waals surface area contributed by atoms with E-state index in [9.17, 15) is 0 Å². The van der Waals surface area contributed by atoms with Crippen molar-refractivity contribution in [3.63, 3.8) is 0 Å². The van der Waals surface area contributed by atoms with Crippen molar-refractivity contribution in [3.8, 4) is 0 Å². The van der Waals surface area contributed by atoms with E-state index < -0.39 is 0 Å². The average molecular weight is 210 g/mol. The molecule has 2 nitrogen and oxygen atoms in total. The van der Waals surface area contributed by atoms with E-state index in [-0.39, 0.29) is 0 Å². The number of hydrogen-bond donors (Lipinski definition) is 1. The van der Waals surface area contributed by atoms with Crippen LogP contribution in [0.15, 0.2) is 0 Å². The topological polar surface area (TPSA) is 29.3 Å². The third kappa shape index (κ3) is 2.94. The molecule has 2 fully saturated rings. The molecular weight excluding hydrogens is 184 g/mol. The van der Waals surface area contributed by atoms with Crippen LogP contribution in [0.5, 0.6) is 0 Å². The molecule has 15 heavy (non-hydrogen) atoms. The zero-order valence-corrected chi connectivity index (χ0v) is 10.1. The lowest BCUT2D eigenvalue weighted by Crippen LogP contribution is -2.50. The summed E-state index contributed by atoms with van der Waals surface area (Å²) in [5.74, 6) is 0.934. The van der Waals surface area contributed by atoms with E-state index in [0.717, 1.165) is 5.92 Å². The second-order valence-electron chi connectivity index (χ2n) is 5.59. The fourth-order valence-corrected chi connectivity index (χ4v) is 3.13. The molecule has 0 aromatic heterocycles. The fourth-order valence-electron chi connectivity index (χ4n) is 3.13. The molecule has 2 heteroatoms. The van der Waals surface area contributed by atoms with Crippen molar-refractivity contribution in [1.82, 2.24) is 4.90 Å². The average Bonchev–Trinajstić information content (AvgIpc) is 2.44. The smallest absolute Gasteiger partial charge is 0.0247 e. The quantitative estimate of drug-likeness (QED) is 0.673. The summed E-state index contributed by atoms with van der Waals surface area (Å²) < 4.78 is 0. The first-order valence-electron chi connectivity index (χ1n) is 6.77. The maximum absolute atomic E-state index is 6.30. The minimum absolute atomic E-state index is 0.445. The van der Waals surface area contributed by atoms with Crippen LogP contribution in [0, 0.1) is 5.92 Å². The van der Waals surface area contributed by atoms with Gasteiger partial charge in [-0.05, 0) is 44.7 Å². The maximum Gasteiger partial charge on any atom is 0.0247 e. The van der Waals surface area contributed by atoms with Crippen molar-refractivity contribution in [3.05, 3.63) is 0 Å². The summed E-state index contributed by atoms with van der Waals surface area (Å²) in [6, 6.07) is 1.14. The first kappa shape index (κ1) is 11.4. The molecule has 0 bridgehead atoms. The molecule has 2 atom stereocenters. The second-order valence-corrected chi connectivity index (χ2v) is 5.59. The highest BCUT2D eigenvalue weighted by molar-refractivity contribution is 4.86. The van der Waals surface area contributed by atoms with Crippen LogP contribution in [0.3, 0.4) is 0 Å². The normalized spacial score (nSPS) is 36.4. The SMILES string of the molecule is CC1CCN(C2CCCCCC2N)CC1. The van der Waals surface area contributed by atoms with E-state index in [1.165, 1.54) is 58.0 Å². The number of rotatable bonds is 1. The Morgan fingerprint density at radius 2 is 1.60 bits per heavy atom. The van der Waals surface area contributed by atoms with Gasteiger partial charge in [-0.3, -0.25) is 4.90 Å². The van der Waals surface area contributed by atoms with Crippen molar-refractivity contribution in [1.29, 1.82) is 0 Å². The highest BCUT2D eigenvalue weighted by Crippen LogP contribution is 2.25. The van der Waals surface area contributed by atoms with E-state index >= 15 is 0 Å². The minimum Gasteiger partial charge on any atom is -0.326 e. The molecule has 0 amide bonds. The van der Waals surface area contributed by atoms with Crippen LogP contribution >= 0.6 is 0 Å². The molecule has 0 aromatic rings. The Hall–Kier alpha value is -0.0800. The van der Waals surface area contributed by atoms with Crippen molar-refractivity contribution in [2.75, 3.05) is 13.1 Å². The minimum atomic E-state index is 0.445. The van der Waals surface area contributed by atoms with Crippen LogP contribution < -0.4 is 5.73 Å². The molecule has 0 radical (unpaired) electrons. The molecule has 2 aliphatic rings. The summed E-state index contributed by atoms with van der Waals surface area (Å²) in [4.78, 5) is 2.68. The third-order valence-electron chi connectivity index (χ3n) is 4.32. The number of nitrogens with zero attached hydrogens (tertiary/aromatic N) is 1. The number of hydrogen-bond acceptors (Lipinski definition) is 2. The maximum atomic E-state index is 6.30. The van der Waals surface area contributed by atoms with Crippen molar-refractivity contribution in [2.24, 2.45) is 11.7 Å². The number of piperidine rings is 1. The highest BCUT2D eigenvalue weighted by atomic mass is 15.2. The van der Waals surface area contributed by atoms with Gasteiger partial charge in [-0.1, -0.05) is 26.2 Å². The van der Waals surface area contributed by atoms with Crippen LogP contribution in [0.2, 0.25) is 0 Å². The lowest BCUT2D eigenvalue weighted by Gasteiger charge is -2.39. The Labute approximate surface area is 94.2 Å². The largest absolute Gasteiger partial charge is 0.326 e. The summed E-state index contributed by atoms with van der Waals surface area (Å²) in [7, 11) is 0.